The normalized spacial score (nSPS) is 15.8. The Bertz CT molecular complexity index is 203. The maximum atomic E-state index is 10.8. The number of hydrogen-bond acceptors (Lipinski definition) is 3. The number of aliphatic carboxylic acids is 1. The Labute approximate surface area is 74.1 Å². The van der Waals surface area contributed by atoms with Gasteiger partial charge in [0.15, 0.2) is 0 Å². The molecule has 2 N–H and O–H groups in total. The van der Waals surface area contributed by atoms with Crippen LogP contribution in [-0.4, -0.2) is 33.3 Å². The maximum absolute atomic E-state index is 10.8. The van der Waals surface area contributed by atoms with Crippen molar-refractivity contribution in [1.82, 2.24) is 5.32 Å². The van der Waals surface area contributed by atoms with Gasteiger partial charge in [-0.3, -0.25) is 4.21 Å². The molecular formula is C7H13NO3S. The minimum absolute atomic E-state index is 0.0310. The molecule has 0 radical (unpaired) electrons. The predicted octanol–water partition coefficient (Wildman–Crippen LogP) is -0.0587. The Balaban J connectivity index is 3.56. The molecule has 12 heavy (non-hydrogen) atoms. The summed E-state index contributed by atoms with van der Waals surface area (Å²) in [5.41, 5.74) is 0. The number of rotatable bonds is 5. The van der Waals surface area contributed by atoms with Crippen molar-refractivity contribution in [3.8, 4) is 0 Å². The van der Waals surface area contributed by atoms with Crippen molar-refractivity contribution >= 4 is 16.8 Å². The first-order valence-electron chi connectivity index (χ1n) is 3.49. The largest absolute Gasteiger partial charge is 0.478 e. The van der Waals surface area contributed by atoms with Crippen molar-refractivity contribution in [3.63, 3.8) is 0 Å². The molecular weight excluding hydrogens is 178 g/mol. The van der Waals surface area contributed by atoms with Crippen LogP contribution in [0.2, 0.25) is 0 Å². The molecule has 0 aromatic heterocycles. The molecule has 0 aromatic rings. The fraction of sp³-hybridized carbons (Fsp3) is 0.571. The van der Waals surface area contributed by atoms with Crippen LogP contribution >= 0.6 is 0 Å². The zero-order valence-electron chi connectivity index (χ0n) is 7.11. The Morgan fingerprint density at radius 3 is 2.75 bits per heavy atom. The summed E-state index contributed by atoms with van der Waals surface area (Å²) < 4.78 is 10.8. The first kappa shape index (κ1) is 11.2. The van der Waals surface area contributed by atoms with Crippen LogP contribution in [-0.2, 0) is 15.6 Å². The number of carbonyl (C=O) groups is 1. The van der Waals surface area contributed by atoms with E-state index in [9.17, 15) is 9.00 Å². The SMILES string of the molecule is CC(CN/C=C/C(=O)O)S(C)=O. The summed E-state index contributed by atoms with van der Waals surface area (Å²) >= 11 is 0. The van der Waals surface area contributed by atoms with Crippen LogP contribution in [0.5, 0.6) is 0 Å². The monoisotopic (exact) mass is 191 g/mol. The minimum atomic E-state index is -0.993. The van der Waals surface area contributed by atoms with Gasteiger partial charge in [-0.15, -0.1) is 0 Å². The molecule has 0 bridgehead atoms. The van der Waals surface area contributed by atoms with Gasteiger partial charge in [-0.05, 0) is 6.92 Å². The van der Waals surface area contributed by atoms with Crippen LogP contribution in [0.1, 0.15) is 6.92 Å². The summed E-state index contributed by atoms with van der Waals surface area (Å²) in [6.45, 7) is 2.35. The summed E-state index contributed by atoms with van der Waals surface area (Å²) in [4.78, 5) is 9.99. The first-order chi connectivity index (χ1) is 5.54. The molecule has 0 spiro atoms. The van der Waals surface area contributed by atoms with Gasteiger partial charge in [0.05, 0.1) is 0 Å². The van der Waals surface area contributed by atoms with Gasteiger partial charge in [0.2, 0.25) is 0 Å². The zero-order valence-corrected chi connectivity index (χ0v) is 7.93. The third-order valence-corrected chi connectivity index (χ3v) is 2.62. The highest BCUT2D eigenvalue weighted by Crippen LogP contribution is 1.88. The number of carboxylic acids is 1. The lowest BCUT2D eigenvalue weighted by atomic mass is 10.5. The summed E-state index contributed by atoms with van der Waals surface area (Å²) in [6.07, 6.45) is 3.96. The smallest absolute Gasteiger partial charge is 0.329 e. The van der Waals surface area contributed by atoms with E-state index >= 15 is 0 Å². The molecule has 0 aliphatic rings. The van der Waals surface area contributed by atoms with Crippen LogP contribution in [0.25, 0.3) is 0 Å². The topological polar surface area (TPSA) is 66.4 Å². The zero-order chi connectivity index (χ0) is 9.56. The van der Waals surface area contributed by atoms with Crippen molar-refractivity contribution in [2.24, 2.45) is 0 Å². The minimum Gasteiger partial charge on any atom is -0.478 e. The Morgan fingerprint density at radius 1 is 1.75 bits per heavy atom. The van der Waals surface area contributed by atoms with Gasteiger partial charge in [-0.2, -0.15) is 0 Å². The van der Waals surface area contributed by atoms with Crippen LogP contribution in [0.3, 0.4) is 0 Å². The molecule has 5 heteroatoms. The molecule has 0 aliphatic heterocycles. The third-order valence-electron chi connectivity index (χ3n) is 1.32. The summed E-state index contributed by atoms with van der Waals surface area (Å²) in [7, 11) is -0.868. The Morgan fingerprint density at radius 2 is 2.33 bits per heavy atom. The van der Waals surface area contributed by atoms with Gasteiger partial charge in [0, 0.05) is 41.1 Å². The quantitative estimate of drug-likeness (QED) is 0.597. The van der Waals surface area contributed by atoms with Gasteiger partial charge >= 0.3 is 5.97 Å². The fourth-order valence-corrected chi connectivity index (χ4v) is 0.813. The molecule has 70 valence electrons. The van der Waals surface area contributed by atoms with E-state index in [1.807, 2.05) is 6.92 Å². The van der Waals surface area contributed by atoms with Crippen molar-refractivity contribution in [2.75, 3.05) is 12.8 Å². The van der Waals surface area contributed by atoms with Gasteiger partial charge in [-0.1, -0.05) is 0 Å². The van der Waals surface area contributed by atoms with E-state index in [0.29, 0.717) is 6.54 Å². The third kappa shape index (κ3) is 5.91. The van der Waals surface area contributed by atoms with Crippen molar-refractivity contribution in [3.05, 3.63) is 12.3 Å². The van der Waals surface area contributed by atoms with Crippen molar-refractivity contribution < 1.29 is 14.1 Å². The lowest BCUT2D eigenvalue weighted by molar-refractivity contribution is -0.131. The van der Waals surface area contributed by atoms with E-state index < -0.39 is 16.8 Å². The summed E-state index contributed by atoms with van der Waals surface area (Å²) in [5.74, 6) is -0.993. The molecule has 0 aromatic carbocycles. The van der Waals surface area contributed by atoms with E-state index in [2.05, 4.69) is 5.32 Å². The second-order valence-electron chi connectivity index (χ2n) is 2.39. The van der Waals surface area contributed by atoms with Gasteiger partial charge in [0.25, 0.3) is 0 Å². The number of carboxylic acid groups (broad SMARTS) is 1. The number of hydrogen-bond donors (Lipinski definition) is 2. The molecule has 0 amide bonds. The maximum Gasteiger partial charge on any atom is 0.329 e. The molecule has 4 nitrogen and oxygen atoms in total. The first-order valence-corrected chi connectivity index (χ1v) is 5.11. The molecule has 2 atom stereocenters. The number of nitrogens with one attached hydrogen (secondary N) is 1. The molecule has 0 aliphatic carbocycles. The van der Waals surface area contributed by atoms with Crippen molar-refractivity contribution in [1.29, 1.82) is 0 Å². The average molecular weight is 191 g/mol. The summed E-state index contributed by atoms with van der Waals surface area (Å²) in [6, 6.07) is 0. The van der Waals surface area contributed by atoms with Gasteiger partial charge in [-0.25, -0.2) is 4.79 Å². The van der Waals surface area contributed by atoms with Crippen LogP contribution < -0.4 is 5.32 Å². The van der Waals surface area contributed by atoms with Crippen molar-refractivity contribution in [2.45, 2.75) is 12.2 Å². The lowest BCUT2D eigenvalue weighted by Gasteiger charge is -2.06. The van der Waals surface area contributed by atoms with Crippen LogP contribution in [0.4, 0.5) is 0 Å². The lowest BCUT2D eigenvalue weighted by Crippen LogP contribution is -2.23. The highest BCUT2D eigenvalue weighted by Gasteiger charge is 2.02. The molecule has 2 unspecified atom stereocenters. The van der Waals surface area contributed by atoms with E-state index in [4.69, 9.17) is 5.11 Å². The molecule has 0 saturated heterocycles. The molecule has 0 heterocycles. The van der Waals surface area contributed by atoms with Crippen LogP contribution in [0.15, 0.2) is 12.3 Å². The van der Waals surface area contributed by atoms with E-state index in [-0.39, 0.29) is 5.25 Å². The predicted molar refractivity (Wildman–Crippen MR) is 48.3 cm³/mol. The van der Waals surface area contributed by atoms with Crippen LogP contribution in [0, 0.1) is 0 Å². The van der Waals surface area contributed by atoms with E-state index in [1.54, 1.807) is 6.26 Å². The second kappa shape index (κ2) is 5.77. The highest BCUT2D eigenvalue weighted by atomic mass is 32.2. The van der Waals surface area contributed by atoms with E-state index in [0.717, 1.165) is 6.08 Å². The molecule has 0 saturated carbocycles. The Kier molecular flexibility index (Phi) is 5.36. The highest BCUT2D eigenvalue weighted by molar-refractivity contribution is 7.84. The molecule has 0 rings (SSSR count). The standard InChI is InChI=1S/C7H13NO3S/c1-6(12(2)11)5-8-4-3-7(9)10/h3-4,6,8H,5H2,1-2H3,(H,9,10)/b4-3+. The van der Waals surface area contributed by atoms with Gasteiger partial charge in [0.1, 0.15) is 0 Å². The average Bonchev–Trinajstić information content (AvgIpc) is 1.97. The summed E-state index contributed by atoms with van der Waals surface area (Å²) in [5, 5.41) is 11.0. The van der Waals surface area contributed by atoms with Gasteiger partial charge < -0.3 is 10.4 Å². The fourth-order valence-electron chi connectivity index (χ4n) is 0.482. The Hall–Kier alpha value is -0.840. The second-order valence-corrected chi connectivity index (χ2v) is 4.19. The molecule has 0 fully saturated rings. The van der Waals surface area contributed by atoms with E-state index in [1.165, 1.54) is 6.20 Å².